The number of likely N-dealkylation sites (N-methyl/N-ethyl adjacent to an activating group) is 1. The molecule has 2 aromatic rings. The lowest BCUT2D eigenvalue weighted by molar-refractivity contribution is -0.128. The molecule has 1 atom stereocenters. The molecule has 204 valence electrons. The molecule has 10 heteroatoms. The Morgan fingerprint density at radius 2 is 1.66 bits per heavy atom. The van der Waals surface area contributed by atoms with E-state index in [0.29, 0.717) is 61.6 Å². The standard InChI is InChI=1S/C28H36N4O6/c1-30(2)17-14-29-25(33)24-19-38-28(32(24)27(35)20-8-10-22(36-3)11-9-20)12-15-31(16-13-28)26(34)21-6-5-7-23(18-21)37-4/h5-11,18,24H,12-17,19H2,1-4H3,(H,29,33). The average Bonchev–Trinajstić information content (AvgIpc) is 3.30. The van der Waals surface area contributed by atoms with Crippen LogP contribution in [0.1, 0.15) is 33.6 Å². The summed E-state index contributed by atoms with van der Waals surface area (Å²) in [4.78, 5) is 45.6. The summed E-state index contributed by atoms with van der Waals surface area (Å²) in [5, 5.41) is 2.94. The van der Waals surface area contributed by atoms with E-state index in [1.54, 1.807) is 72.6 Å². The fraction of sp³-hybridized carbons (Fsp3) is 0.464. The van der Waals surface area contributed by atoms with Gasteiger partial charge in [-0.15, -0.1) is 0 Å². The van der Waals surface area contributed by atoms with Crippen molar-refractivity contribution < 1.29 is 28.6 Å². The summed E-state index contributed by atoms with van der Waals surface area (Å²) in [5.41, 5.74) is -0.000243. The zero-order valence-corrected chi connectivity index (χ0v) is 22.4. The van der Waals surface area contributed by atoms with E-state index < -0.39 is 11.8 Å². The second-order valence-corrected chi connectivity index (χ2v) is 9.80. The van der Waals surface area contributed by atoms with Crippen LogP contribution in [0.5, 0.6) is 11.5 Å². The van der Waals surface area contributed by atoms with E-state index >= 15 is 0 Å². The largest absolute Gasteiger partial charge is 0.497 e. The number of hydrogen-bond acceptors (Lipinski definition) is 7. The third kappa shape index (κ3) is 5.76. The Hall–Kier alpha value is -3.63. The molecule has 0 aliphatic carbocycles. The zero-order valence-electron chi connectivity index (χ0n) is 22.4. The number of likely N-dealkylation sites (tertiary alicyclic amines) is 1. The first-order valence-corrected chi connectivity index (χ1v) is 12.8. The number of piperidine rings is 1. The predicted octanol–water partition coefficient (Wildman–Crippen LogP) is 1.86. The summed E-state index contributed by atoms with van der Waals surface area (Å²) >= 11 is 0. The number of carbonyl (C=O) groups excluding carboxylic acids is 3. The van der Waals surface area contributed by atoms with Crippen molar-refractivity contribution in [1.29, 1.82) is 0 Å². The van der Waals surface area contributed by atoms with Gasteiger partial charge in [0.1, 0.15) is 23.3 Å². The quantitative estimate of drug-likeness (QED) is 0.563. The Kier molecular flexibility index (Phi) is 8.53. The number of hydrogen-bond donors (Lipinski definition) is 1. The van der Waals surface area contributed by atoms with Gasteiger partial charge in [0.25, 0.3) is 11.8 Å². The van der Waals surface area contributed by atoms with Crippen molar-refractivity contribution in [3.05, 3.63) is 59.7 Å². The van der Waals surface area contributed by atoms with Crippen LogP contribution in [0.2, 0.25) is 0 Å². The molecule has 2 saturated heterocycles. The van der Waals surface area contributed by atoms with Crippen molar-refractivity contribution in [2.45, 2.75) is 24.6 Å². The van der Waals surface area contributed by atoms with Gasteiger partial charge in [0.2, 0.25) is 5.91 Å². The summed E-state index contributed by atoms with van der Waals surface area (Å²) < 4.78 is 16.8. The molecular weight excluding hydrogens is 488 g/mol. The van der Waals surface area contributed by atoms with E-state index in [-0.39, 0.29) is 24.3 Å². The van der Waals surface area contributed by atoms with Gasteiger partial charge in [-0.1, -0.05) is 6.07 Å². The van der Waals surface area contributed by atoms with Gasteiger partial charge < -0.3 is 29.3 Å². The number of benzene rings is 2. The van der Waals surface area contributed by atoms with Crippen molar-refractivity contribution in [3.8, 4) is 11.5 Å². The molecule has 2 aliphatic heterocycles. The summed E-state index contributed by atoms with van der Waals surface area (Å²) in [6, 6.07) is 13.1. The maximum Gasteiger partial charge on any atom is 0.256 e. The second-order valence-electron chi connectivity index (χ2n) is 9.80. The SMILES string of the molecule is COc1ccc(C(=O)N2C(C(=O)NCCN(C)C)COC23CCN(C(=O)c2cccc(OC)c2)CC3)cc1. The molecule has 0 radical (unpaired) electrons. The lowest BCUT2D eigenvalue weighted by Gasteiger charge is -2.44. The van der Waals surface area contributed by atoms with Crippen LogP contribution in [0, 0.1) is 0 Å². The van der Waals surface area contributed by atoms with Gasteiger partial charge in [0.05, 0.1) is 20.8 Å². The fourth-order valence-electron chi connectivity index (χ4n) is 4.96. The van der Waals surface area contributed by atoms with Crippen molar-refractivity contribution in [2.24, 2.45) is 0 Å². The minimum Gasteiger partial charge on any atom is -0.497 e. The normalized spacial score (nSPS) is 18.5. The summed E-state index contributed by atoms with van der Waals surface area (Å²) in [6.07, 6.45) is 0.790. The Balaban J connectivity index is 1.54. The van der Waals surface area contributed by atoms with E-state index in [1.807, 2.05) is 19.0 Å². The molecule has 0 bridgehead atoms. The van der Waals surface area contributed by atoms with Gasteiger partial charge in [-0.2, -0.15) is 0 Å². The Morgan fingerprint density at radius 1 is 0.974 bits per heavy atom. The Morgan fingerprint density at radius 3 is 2.29 bits per heavy atom. The summed E-state index contributed by atoms with van der Waals surface area (Å²) in [6.45, 7) is 2.01. The van der Waals surface area contributed by atoms with Gasteiger partial charge >= 0.3 is 0 Å². The third-order valence-corrected chi connectivity index (χ3v) is 7.13. The molecule has 1 N–H and O–H groups in total. The van der Waals surface area contributed by atoms with Gasteiger partial charge in [-0.25, -0.2) is 0 Å². The number of carbonyl (C=O) groups is 3. The molecule has 0 saturated carbocycles. The Bertz CT molecular complexity index is 1140. The first-order valence-electron chi connectivity index (χ1n) is 12.8. The van der Waals surface area contributed by atoms with Crippen LogP contribution in [-0.4, -0.2) is 105 Å². The maximum absolute atomic E-state index is 13.8. The first-order chi connectivity index (χ1) is 18.3. The molecule has 2 fully saturated rings. The summed E-state index contributed by atoms with van der Waals surface area (Å²) in [7, 11) is 6.99. The lowest BCUT2D eigenvalue weighted by atomic mass is 9.96. The smallest absolute Gasteiger partial charge is 0.256 e. The zero-order chi connectivity index (χ0) is 27.3. The molecule has 2 aliphatic rings. The number of nitrogens with one attached hydrogen (secondary N) is 1. The molecular formula is C28H36N4O6. The molecule has 0 aromatic heterocycles. The van der Waals surface area contributed by atoms with Gasteiger partial charge in [-0.3, -0.25) is 19.3 Å². The molecule has 1 spiro atoms. The monoisotopic (exact) mass is 524 g/mol. The second kappa shape index (κ2) is 11.8. The molecule has 38 heavy (non-hydrogen) atoms. The number of rotatable bonds is 8. The average molecular weight is 525 g/mol. The molecule has 4 rings (SSSR count). The van der Waals surface area contributed by atoms with Crippen LogP contribution >= 0.6 is 0 Å². The highest BCUT2D eigenvalue weighted by molar-refractivity contribution is 5.99. The van der Waals surface area contributed by atoms with E-state index in [1.165, 1.54) is 0 Å². The number of ether oxygens (including phenoxy) is 3. The number of nitrogens with zero attached hydrogens (tertiary/aromatic N) is 3. The number of methoxy groups -OCH3 is 2. The summed E-state index contributed by atoms with van der Waals surface area (Å²) in [5.74, 6) is 0.604. The van der Waals surface area contributed by atoms with Crippen LogP contribution < -0.4 is 14.8 Å². The lowest BCUT2D eigenvalue weighted by Crippen LogP contribution is -2.60. The van der Waals surface area contributed by atoms with Crippen LogP contribution in [0.3, 0.4) is 0 Å². The Labute approximate surface area is 223 Å². The van der Waals surface area contributed by atoms with Crippen LogP contribution in [-0.2, 0) is 9.53 Å². The van der Waals surface area contributed by atoms with E-state index in [4.69, 9.17) is 14.2 Å². The fourth-order valence-corrected chi connectivity index (χ4v) is 4.96. The third-order valence-electron chi connectivity index (χ3n) is 7.13. The minimum atomic E-state index is -0.980. The van der Waals surface area contributed by atoms with Crippen LogP contribution in [0.25, 0.3) is 0 Å². The van der Waals surface area contributed by atoms with E-state index in [9.17, 15) is 14.4 Å². The maximum atomic E-state index is 13.8. The highest BCUT2D eigenvalue weighted by Crippen LogP contribution is 2.39. The van der Waals surface area contributed by atoms with Crippen molar-refractivity contribution in [2.75, 3.05) is 61.1 Å². The van der Waals surface area contributed by atoms with Gasteiger partial charge in [0, 0.05) is 50.1 Å². The minimum absolute atomic E-state index is 0.0967. The molecule has 3 amide bonds. The molecule has 2 heterocycles. The molecule has 10 nitrogen and oxygen atoms in total. The number of amides is 3. The van der Waals surface area contributed by atoms with Crippen LogP contribution in [0.4, 0.5) is 0 Å². The topological polar surface area (TPSA) is 101 Å². The van der Waals surface area contributed by atoms with E-state index in [2.05, 4.69) is 5.32 Å². The van der Waals surface area contributed by atoms with Gasteiger partial charge in [-0.05, 0) is 56.6 Å². The first kappa shape index (κ1) is 27.4. The highest BCUT2D eigenvalue weighted by atomic mass is 16.5. The van der Waals surface area contributed by atoms with E-state index in [0.717, 1.165) is 0 Å². The van der Waals surface area contributed by atoms with Crippen LogP contribution in [0.15, 0.2) is 48.5 Å². The van der Waals surface area contributed by atoms with Gasteiger partial charge in [0.15, 0.2) is 0 Å². The van der Waals surface area contributed by atoms with Crippen molar-refractivity contribution in [1.82, 2.24) is 20.0 Å². The highest BCUT2D eigenvalue weighted by Gasteiger charge is 2.54. The molecule has 2 aromatic carbocycles. The van der Waals surface area contributed by atoms with Crippen molar-refractivity contribution in [3.63, 3.8) is 0 Å². The predicted molar refractivity (Wildman–Crippen MR) is 141 cm³/mol. The molecule has 1 unspecified atom stereocenters. The van der Waals surface area contributed by atoms with Crippen molar-refractivity contribution >= 4 is 17.7 Å².